The number of aryl methyl sites for hydroxylation is 1. The Hall–Kier alpha value is -1.63. The highest BCUT2D eigenvalue weighted by atomic mass is 14.7. The van der Waals surface area contributed by atoms with E-state index < -0.39 is 0 Å². The maximum atomic E-state index is 4.65. The van der Waals surface area contributed by atoms with Gasteiger partial charge in [-0.25, -0.2) is 0 Å². The predicted molar refractivity (Wildman–Crippen MR) is 70.9 cm³/mol. The van der Waals surface area contributed by atoms with Crippen LogP contribution in [0.3, 0.4) is 0 Å². The molecule has 1 atom stereocenters. The Bertz CT molecular complexity index is 516. The molecule has 0 saturated carbocycles. The molecule has 17 heavy (non-hydrogen) atoms. The molecule has 0 amide bonds. The van der Waals surface area contributed by atoms with E-state index in [9.17, 15) is 0 Å². The normalized spacial score (nSPS) is 18.8. The standard InChI is InChI=1S/C16H17N/c1-12-7-8-14-10-15(11-17-16(14)9-12)13-5-3-2-4-6-13/h2-6,10-12H,7-9H2,1H3. The minimum atomic E-state index is 0.789. The number of fused-ring (bicyclic) bond motifs is 1. The minimum absolute atomic E-state index is 0.789. The number of hydrogen-bond donors (Lipinski definition) is 0. The van der Waals surface area contributed by atoms with Crippen LogP contribution in [0.1, 0.15) is 24.6 Å². The zero-order chi connectivity index (χ0) is 11.7. The molecule has 1 aliphatic carbocycles. The number of aromatic nitrogens is 1. The molecule has 0 saturated heterocycles. The topological polar surface area (TPSA) is 12.9 Å². The van der Waals surface area contributed by atoms with Crippen molar-refractivity contribution in [3.05, 3.63) is 53.9 Å². The molecule has 0 spiro atoms. The van der Waals surface area contributed by atoms with Gasteiger partial charge in [0.15, 0.2) is 0 Å². The summed E-state index contributed by atoms with van der Waals surface area (Å²) in [6.07, 6.45) is 5.65. The Labute approximate surface area is 103 Å². The van der Waals surface area contributed by atoms with Gasteiger partial charge in [-0.05, 0) is 42.4 Å². The molecule has 1 heteroatoms. The third kappa shape index (κ3) is 2.10. The van der Waals surface area contributed by atoms with Crippen LogP contribution in [0.25, 0.3) is 11.1 Å². The predicted octanol–water partition coefficient (Wildman–Crippen LogP) is 3.87. The van der Waals surface area contributed by atoms with E-state index in [1.165, 1.54) is 35.2 Å². The highest BCUT2D eigenvalue weighted by Gasteiger charge is 2.16. The van der Waals surface area contributed by atoms with Crippen molar-refractivity contribution < 1.29 is 0 Å². The third-order valence-electron chi connectivity index (χ3n) is 3.62. The van der Waals surface area contributed by atoms with E-state index in [1.54, 1.807) is 0 Å². The summed E-state index contributed by atoms with van der Waals surface area (Å²) in [6.45, 7) is 2.32. The maximum absolute atomic E-state index is 4.65. The lowest BCUT2D eigenvalue weighted by Gasteiger charge is -2.20. The maximum Gasteiger partial charge on any atom is 0.0438 e. The lowest BCUT2D eigenvalue weighted by Crippen LogP contribution is -2.12. The summed E-state index contributed by atoms with van der Waals surface area (Å²) in [6, 6.07) is 12.8. The summed E-state index contributed by atoms with van der Waals surface area (Å²) < 4.78 is 0. The van der Waals surface area contributed by atoms with Gasteiger partial charge in [0, 0.05) is 17.5 Å². The van der Waals surface area contributed by atoms with E-state index in [2.05, 4.69) is 48.3 Å². The van der Waals surface area contributed by atoms with E-state index in [0.29, 0.717) is 0 Å². The van der Waals surface area contributed by atoms with Crippen LogP contribution in [0.5, 0.6) is 0 Å². The molecule has 1 aliphatic rings. The highest BCUT2D eigenvalue weighted by Crippen LogP contribution is 2.27. The van der Waals surface area contributed by atoms with Crippen LogP contribution >= 0.6 is 0 Å². The Morgan fingerprint density at radius 1 is 1.12 bits per heavy atom. The molecule has 0 radical (unpaired) electrons. The molecule has 0 fully saturated rings. The molecule has 1 heterocycles. The quantitative estimate of drug-likeness (QED) is 0.715. The smallest absolute Gasteiger partial charge is 0.0438 e. The summed E-state index contributed by atoms with van der Waals surface area (Å²) in [4.78, 5) is 4.65. The summed E-state index contributed by atoms with van der Waals surface area (Å²) >= 11 is 0. The van der Waals surface area contributed by atoms with Gasteiger partial charge in [0.2, 0.25) is 0 Å². The Kier molecular flexibility index (Phi) is 2.68. The molecule has 3 rings (SSSR count). The Morgan fingerprint density at radius 3 is 2.76 bits per heavy atom. The molecular weight excluding hydrogens is 206 g/mol. The first-order valence-electron chi connectivity index (χ1n) is 6.36. The van der Waals surface area contributed by atoms with E-state index in [1.807, 2.05) is 6.20 Å². The average molecular weight is 223 g/mol. The monoisotopic (exact) mass is 223 g/mol. The van der Waals surface area contributed by atoms with Crippen molar-refractivity contribution in [1.82, 2.24) is 4.98 Å². The van der Waals surface area contributed by atoms with Gasteiger partial charge in [-0.3, -0.25) is 4.98 Å². The van der Waals surface area contributed by atoms with Gasteiger partial charge >= 0.3 is 0 Å². The Balaban J connectivity index is 1.99. The van der Waals surface area contributed by atoms with Gasteiger partial charge in [-0.1, -0.05) is 37.3 Å². The summed E-state index contributed by atoms with van der Waals surface area (Å²) in [5.41, 5.74) is 5.27. The van der Waals surface area contributed by atoms with Gasteiger partial charge in [0.1, 0.15) is 0 Å². The summed E-state index contributed by atoms with van der Waals surface area (Å²) in [7, 11) is 0. The van der Waals surface area contributed by atoms with Crippen molar-refractivity contribution >= 4 is 0 Å². The second kappa shape index (κ2) is 4.33. The molecular formula is C16H17N. The Morgan fingerprint density at radius 2 is 1.94 bits per heavy atom. The second-order valence-corrected chi connectivity index (χ2v) is 5.04. The number of rotatable bonds is 1. The number of nitrogens with zero attached hydrogens (tertiary/aromatic N) is 1. The van der Waals surface area contributed by atoms with E-state index >= 15 is 0 Å². The first kappa shape index (κ1) is 10.5. The molecule has 86 valence electrons. The van der Waals surface area contributed by atoms with Crippen LogP contribution in [-0.4, -0.2) is 4.98 Å². The van der Waals surface area contributed by atoms with Crippen LogP contribution in [0.2, 0.25) is 0 Å². The molecule has 1 nitrogen and oxygen atoms in total. The van der Waals surface area contributed by atoms with Gasteiger partial charge in [0.25, 0.3) is 0 Å². The van der Waals surface area contributed by atoms with Gasteiger partial charge in [-0.2, -0.15) is 0 Å². The average Bonchev–Trinajstić information content (AvgIpc) is 2.39. The van der Waals surface area contributed by atoms with E-state index in [0.717, 1.165) is 12.3 Å². The fourth-order valence-electron chi connectivity index (χ4n) is 2.56. The highest BCUT2D eigenvalue weighted by molar-refractivity contribution is 5.63. The SMILES string of the molecule is CC1CCc2cc(-c3ccccc3)cnc2C1. The molecule has 0 aliphatic heterocycles. The van der Waals surface area contributed by atoms with Crippen molar-refractivity contribution in [2.45, 2.75) is 26.2 Å². The van der Waals surface area contributed by atoms with E-state index in [4.69, 9.17) is 0 Å². The fraction of sp³-hybridized carbons (Fsp3) is 0.312. The van der Waals surface area contributed by atoms with Crippen LogP contribution in [0, 0.1) is 5.92 Å². The molecule has 0 bridgehead atoms. The third-order valence-corrected chi connectivity index (χ3v) is 3.62. The number of hydrogen-bond acceptors (Lipinski definition) is 1. The van der Waals surface area contributed by atoms with Crippen molar-refractivity contribution in [2.75, 3.05) is 0 Å². The molecule has 2 aromatic rings. The van der Waals surface area contributed by atoms with Crippen LogP contribution in [-0.2, 0) is 12.8 Å². The zero-order valence-corrected chi connectivity index (χ0v) is 10.2. The molecule has 0 N–H and O–H groups in total. The minimum Gasteiger partial charge on any atom is -0.260 e. The fourth-order valence-corrected chi connectivity index (χ4v) is 2.56. The lowest BCUT2D eigenvalue weighted by atomic mass is 9.87. The van der Waals surface area contributed by atoms with E-state index in [-0.39, 0.29) is 0 Å². The lowest BCUT2D eigenvalue weighted by molar-refractivity contribution is 0.492. The van der Waals surface area contributed by atoms with Crippen LogP contribution in [0.15, 0.2) is 42.6 Å². The second-order valence-electron chi connectivity index (χ2n) is 5.04. The molecule has 1 unspecified atom stereocenters. The van der Waals surface area contributed by atoms with Crippen molar-refractivity contribution in [3.8, 4) is 11.1 Å². The number of benzene rings is 1. The molecule has 1 aromatic heterocycles. The first-order valence-corrected chi connectivity index (χ1v) is 6.36. The van der Waals surface area contributed by atoms with Crippen molar-refractivity contribution in [3.63, 3.8) is 0 Å². The summed E-state index contributed by atoms with van der Waals surface area (Å²) in [5.74, 6) is 0.789. The first-order chi connectivity index (χ1) is 8.33. The number of pyridine rings is 1. The largest absolute Gasteiger partial charge is 0.260 e. The zero-order valence-electron chi connectivity index (χ0n) is 10.2. The van der Waals surface area contributed by atoms with Gasteiger partial charge < -0.3 is 0 Å². The van der Waals surface area contributed by atoms with Crippen molar-refractivity contribution in [1.29, 1.82) is 0 Å². The summed E-state index contributed by atoms with van der Waals surface area (Å²) in [5, 5.41) is 0. The van der Waals surface area contributed by atoms with Crippen LogP contribution < -0.4 is 0 Å². The molecule has 1 aromatic carbocycles. The van der Waals surface area contributed by atoms with Gasteiger partial charge in [-0.15, -0.1) is 0 Å². The van der Waals surface area contributed by atoms with Crippen LogP contribution in [0.4, 0.5) is 0 Å². The van der Waals surface area contributed by atoms with Crippen molar-refractivity contribution in [2.24, 2.45) is 5.92 Å². The van der Waals surface area contributed by atoms with Gasteiger partial charge in [0.05, 0.1) is 0 Å².